The zero-order valence-electron chi connectivity index (χ0n) is 13.5. The number of aryl methyl sites for hydroxylation is 2. The highest BCUT2D eigenvalue weighted by Crippen LogP contribution is 2.21. The summed E-state index contributed by atoms with van der Waals surface area (Å²) in [7, 11) is 2.07. The Kier molecular flexibility index (Phi) is 5.61. The van der Waals surface area contributed by atoms with Crippen LogP contribution in [0.2, 0.25) is 0 Å². The molecule has 1 fully saturated rings. The average molecular weight is 278 g/mol. The van der Waals surface area contributed by atoms with Gasteiger partial charge in [-0.3, -0.25) is 9.58 Å². The van der Waals surface area contributed by atoms with Crippen LogP contribution in [0, 0.1) is 5.92 Å². The van der Waals surface area contributed by atoms with Crippen LogP contribution in [0.4, 0.5) is 0 Å². The van der Waals surface area contributed by atoms with Crippen LogP contribution < -0.4 is 5.32 Å². The molecule has 4 nitrogen and oxygen atoms in total. The predicted octanol–water partition coefficient (Wildman–Crippen LogP) is 2.19. The van der Waals surface area contributed by atoms with Gasteiger partial charge in [0.15, 0.2) is 0 Å². The second-order valence-corrected chi connectivity index (χ2v) is 6.09. The van der Waals surface area contributed by atoms with Crippen molar-refractivity contribution in [3.8, 4) is 0 Å². The molecule has 0 saturated carbocycles. The summed E-state index contributed by atoms with van der Waals surface area (Å²) in [6.07, 6.45) is 3.70. The van der Waals surface area contributed by atoms with Crippen LogP contribution >= 0.6 is 0 Å². The molecule has 0 aliphatic carbocycles. The van der Waals surface area contributed by atoms with E-state index in [4.69, 9.17) is 0 Å². The van der Waals surface area contributed by atoms with Crippen molar-refractivity contribution in [3.05, 3.63) is 17.5 Å². The molecular formula is C16H30N4. The van der Waals surface area contributed by atoms with Crippen molar-refractivity contribution in [2.75, 3.05) is 19.6 Å². The van der Waals surface area contributed by atoms with E-state index in [0.717, 1.165) is 25.4 Å². The second kappa shape index (κ2) is 7.23. The molecule has 0 aromatic carbocycles. The molecule has 1 aliphatic heterocycles. The molecule has 0 bridgehead atoms. The average Bonchev–Trinajstić information content (AvgIpc) is 2.80. The van der Waals surface area contributed by atoms with Crippen LogP contribution in [0.15, 0.2) is 6.07 Å². The lowest BCUT2D eigenvalue weighted by molar-refractivity contribution is 0.142. The van der Waals surface area contributed by atoms with Crippen molar-refractivity contribution >= 4 is 0 Å². The normalized spacial score (nSPS) is 22.1. The first-order valence-electron chi connectivity index (χ1n) is 8.11. The minimum Gasteiger partial charge on any atom is -0.314 e. The van der Waals surface area contributed by atoms with E-state index in [1.807, 2.05) is 0 Å². The summed E-state index contributed by atoms with van der Waals surface area (Å²) in [6, 6.07) is 2.89. The van der Waals surface area contributed by atoms with Gasteiger partial charge in [0.2, 0.25) is 0 Å². The minimum atomic E-state index is 0.626. The topological polar surface area (TPSA) is 33.1 Å². The van der Waals surface area contributed by atoms with Crippen LogP contribution in [0.25, 0.3) is 0 Å². The number of piperidine rings is 1. The van der Waals surface area contributed by atoms with Gasteiger partial charge in [-0.05, 0) is 51.3 Å². The molecule has 1 aliphatic rings. The zero-order valence-corrected chi connectivity index (χ0v) is 13.5. The van der Waals surface area contributed by atoms with Crippen molar-refractivity contribution in [2.24, 2.45) is 13.0 Å². The standard InChI is InChI=1S/C16H30N4/c1-5-15-10-16(19(4)18-15)12-20-9-7-8-14(11-20)13(3)17-6-2/h10,13-14,17H,5-9,11-12H2,1-4H3. The lowest BCUT2D eigenvalue weighted by atomic mass is 9.91. The fraction of sp³-hybridized carbons (Fsp3) is 0.812. The maximum absolute atomic E-state index is 4.56. The van der Waals surface area contributed by atoms with E-state index in [0.29, 0.717) is 6.04 Å². The number of hydrogen-bond donors (Lipinski definition) is 1. The van der Waals surface area contributed by atoms with Crippen molar-refractivity contribution in [3.63, 3.8) is 0 Å². The quantitative estimate of drug-likeness (QED) is 0.866. The number of nitrogens with one attached hydrogen (secondary N) is 1. The third-order valence-corrected chi connectivity index (χ3v) is 4.55. The highest BCUT2D eigenvalue weighted by molar-refractivity contribution is 5.10. The Morgan fingerprint density at radius 3 is 2.90 bits per heavy atom. The molecule has 1 aromatic heterocycles. The minimum absolute atomic E-state index is 0.626. The summed E-state index contributed by atoms with van der Waals surface area (Å²) in [5.41, 5.74) is 2.55. The maximum atomic E-state index is 4.56. The van der Waals surface area contributed by atoms with Gasteiger partial charge in [-0.15, -0.1) is 0 Å². The summed E-state index contributed by atoms with van der Waals surface area (Å²) in [5, 5.41) is 8.14. The number of hydrogen-bond acceptors (Lipinski definition) is 3. The van der Waals surface area contributed by atoms with Gasteiger partial charge in [-0.25, -0.2) is 0 Å². The number of likely N-dealkylation sites (tertiary alicyclic amines) is 1. The Morgan fingerprint density at radius 1 is 1.45 bits per heavy atom. The molecule has 20 heavy (non-hydrogen) atoms. The molecule has 2 rings (SSSR count). The molecule has 1 N–H and O–H groups in total. The highest BCUT2D eigenvalue weighted by Gasteiger charge is 2.24. The maximum Gasteiger partial charge on any atom is 0.0625 e. The lowest BCUT2D eigenvalue weighted by Gasteiger charge is -2.36. The Morgan fingerprint density at radius 2 is 2.25 bits per heavy atom. The summed E-state index contributed by atoms with van der Waals surface area (Å²) in [6.45, 7) is 11.2. The van der Waals surface area contributed by atoms with E-state index in [-0.39, 0.29) is 0 Å². The predicted molar refractivity (Wildman–Crippen MR) is 83.7 cm³/mol. The third-order valence-electron chi connectivity index (χ3n) is 4.55. The zero-order chi connectivity index (χ0) is 14.5. The van der Waals surface area contributed by atoms with Gasteiger partial charge in [0.05, 0.1) is 11.4 Å². The number of aromatic nitrogens is 2. The van der Waals surface area contributed by atoms with Gasteiger partial charge >= 0.3 is 0 Å². The number of nitrogens with zero attached hydrogens (tertiary/aromatic N) is 3. The fourth-order valence-corrected chi connectivity index (χ4v) is 3.25. The molecule has 1 saturated heterocycles. The van der Waals surface area contributed by atoms with Gasteiger partial charge in [-0.1, -0.05) is 13.8 Å². The molecule has 0 spiro atoms. The van der Waals surface area contributed by atoms with E-state index >= 15 is 0 Å². The Bertz CT molecular complexity index is 413. The molecule has 0 radical (unpaired) electrons. The van der Waals surface area contributed by atoms with Crippen molar-refractivity contribution in [2.45, 2.75) is 52.6 Å². The summed E-state index contributed by atoms with van der Waals surface area (Å²) in [4.78, 5) is 2.60. The van der Waals surface area contributed by atoms with Gasteiger partial charge in [0, 0.05) is 26.2 Å². The Labute approximate surface area is 123 Å². The first-order chi connectivity index (χ1) is 9.63. The van der Waals surface area contributed by atoms with Gasteiger partial charge < -0.3 is 5.32 Å². The van der Waals surface area contributed by atoms with E-state index in [1.165, 1.54) is 37.3 Å². The van der Waals surface area contributed by atoms with Gasteiger partial charge in [0.1, 0.15) is 0 Å². The highest BCUT2D eigenvalue weighted by atomic mass is 15.3. The SMILES string of the molecule is CCNC(C)C1CCCN(Cc2cc(CC)nn2C)C1. The molecule has 0 amide bonds. The molecule has 2 unspecified atom stereocenters. The fourth-order valence-electron chi connectivity index (χ4n) is 3.25. The molecule has 2 heterocycles. The largest absolute Gasteiger partial charge is 0.314 e. The van der Waals surface area contributed by atoms with Crippen LogP contribution in [0.5, 0.6) is 0 Å². The molecule has 1 aromatic rings. The Hall–Kier alpha value is -0.870. The van der Waals surface area contributed by atoms with Crippen molar-refractivity contribution in [1.29, 1.82) is 0 Å². The van der Waals surface area contributed by atoms with Crippen molar-refractivity contribution < 1.29 is 0 Å². The first kappa shape index (κ1) is 15.5. The first-order valence-corrected chi connectivity index (χ1v) is 8.11. The van der Waals surface area contributed by atoms with Crippen LogP contribution in [-0.4, -0.2) is 40.4 Å². The summed E-state index contributed by atoms with van der Waals surface area (Å²) < 4.78 is 2.05. The van der Waals surface area contributed by atoms with Crippen LogP contribution in [0.1, 0.15) is 45.0 Å². The van der Waals surface area contributed by atoms with E-state index in [2.05, 4.69) is 53.9 Å². The monoisotopic (exact) mass is 278 g/mol. The molecule has 4 heteroatoms. The summed E-state index contributed by atoms with van der Waals surface area (Å²) >= 11 is 0. The Balaban J connectivity index is 1.93. The van der Waals surface area contributed by atoms with Gasteiger partial charge in [-0.2, -0.15) is 5.10 Å². The molecule has 114 valence electrons. The molecular weight excluding hydrogens is 248 g/mol. The lowest BCUT2D eigenvalue weighted by Crippen LogP contribution is -2.44. The van der Waals surface area contributed by atoms with E-state index in [1.54, 1.807) is 0 Å². The van der Waals surface area contributed by atoms with E-state index < -0.39 is 0 Å². The second-order valence-electron chi connectivity index (χ2n) is 6.09. The smallest absolute Gasteiger partial charge is 0.0625 e. The van der Waals surface area contributed by atoms with Gasteiger partial charge in [0.25, 0.3) is 0 Å². The van der Waals surface area contributed by atoms with E-state index in [9.17, 15) is 0 Å². The van der Waals surface area contributed by atoms with Crippen LogP contribution in [0.3, 0.4) is 0 Å². The molecule has 2 atom stereocenters. The van der Waals surface area contributed by atoms with Crippen molar-refractivity contribution in [1.82, 2.24) is 20.0 Å². The third kappa shape index (κ3) is 3.83. The van der Waals surface area contributed by atoms with Crippen LogP contribution in [-0.2, 0) is 20.0 Å². The number of rotatable bonds is 6. The summed E-state index contributed by atoms with van der Waals surface area (Å²) in [5.74, 6) is 0.780.